The second-order valence-electron chi connectivity index (χ2n) is 8.81. The number of hydrogen-bond acceptors (Lipinski definition) is 3. The summed E-state index contributed by atoms with van der Waals surface area (Å²) in [6, 6.07) is 30.0. The lowest BCUT2D eigenvalue weighted by Gasteiger charge is -2.11. The Kier molecular flexibility index (Phi) is 6.46. The van der Waals surface area contributed by atoms with Crippen LogP contribution in [-0.4, -0.2) is 26.4 Å². The summed E-state index contributed by atoms with van der Waals surface area (Å²) in [6.07, 6.45) is 1.80. The fraction of sp³-hybridized carbons (Fsp3) is 0.129. The molecule has 5 heteroatoms. The molecule has 0 bridgehead atoms. The van der Waals surface area contributed by atoms with Gasteiger partial charge >= 0.3 is 5.97 Å². The van der Waals surface area contributed by atoms with E-state index in [2.05, 4.69) is 11.5 Å². The summed E-state index contributed by atoms with van der Waals surface area (Å²) in [5.74, 6) is 0.0346. The lowest BCUT2D eigenvalue weighted by molar-refractivity contribution is 0.0697. The first-order valence-corrected chi connectivity index (χ1v) is 12.1. The number of aromatic nitrogens is 2. The molecule has 0 saturated heterocycles. The molecule has 36 heavy (non-hydrogen) atoms. The average molecular weight is 475 g/mol. The fourth-order valence-corrected chi connectivity index (χ4v) is 4.56. The quantitative estimate of drug-likeness (QED) is 0.256. The normalized spacial score (nSPS) is 11.0. The Morgan fingerprint density at radius 1 is 0.833 bits per heavy atom. The number of carboxylic acids is 1. The van der Waals surface area contributed by atoms with Crippen LogP contribution >= 0.6 is 0 Å². The molecular weight excluding hydrogens is 448 g/mol. The number of benzene rings is 4. The van der Waals surface area contributed by atoms with Crippen LogP contribution in [0.15, 0.2) is 97.1 Å². The number of carboxylic acid groups (broad SMARTS) is 1. The van der Waals surface area contributed by atoms with Gasteiger partial charge in [-0.1, -0.05) is 79.7 Å². The van der Waals surface area contributed by atoms with Crippen molar-refractivity contribution < 1.29 is 14.7 Å². The summed E-state index contributed by atoms with van der Waals surface area (Å²) in [5.41, 5.74) is 6.04. The molecule has 0 aliphatic heterocycles. The molecule has 0 radical (unpaired) electrons. The molecule has 0 spiro atoms. The molecule has 0 unspecified atom stereocenters. The molecule has 5 nitrogen and oxygen atoms in total. The maximum absolute atomic E-state index is 12.9. The first-order valence-electron chi connectivity index (χ1n) is 12.1. The van der Waals surface area contributed by atoms with Gasteiger partial charge in [0, 0.05) is 24.1 Å². The van der Waals surface area contributed by atoms with Crippen LogP contribution < -0.4 is 0 Å². The van der Waals surface area contributed by atoms with Gasteiger partial charge in [-0.2, -0.15) is 0 Å². The van der Waals surface area contributed by atoms with Crippen LogP contribution in [0.25, 0.3) is 22.2 Å². The zero-order chi connectivity index (χ0) is 25.1. The summed E-state index contributed by atoms with van der Waals surface area (Å²) in [6.45, 7) is 2.77. The Balaban J connectivity index is 1.47. The summed E-state index contributed by atoms with van der Waals surface area (Å²) in [7, 11) is 0. The molecule has 0 atom stereocenters. The number of aromatic carboxylic acids is 1. The zero-order valence-electron chi connectivity index (χ0n) is 20.0. The molecule has 4 aromatic carbocycles. The van der Waals surface area contributed by atoms with Crippen LogP contribution in [0.1, 0.15) is 51.0 Å². The van der Waals surface area contributed by atoms with Gasteiger partial charge in [-0.05, 0) is 47.4 Å². The van der Waals surface area contributed by atoms with E-state index >= 15 is 0 Å². The van der Waals surface area contributed by atoms with Crippen LogP contribution in [0.3, 0.4) is 0 Å². The van der Waals surface area contributed by atoms with Gasteiger partial charge in [0.05, 0.1) is 16.6 Å². The highest BCUT2D eigenvalue weighted by molar-refractivity contribution is 6.10. The van der Waals surface area contributed by atoms with E-state index in [1.54, 1.807) is 12.1 Å². The van der Waals surface area contributed by atoms with Crippen molar-refractivity contribution in [3.63, 3.8) is 0 Å². The number of ketones is 1. The molecule has 0 fully saturated rings. The number of carbonyl (C=O) groups excluding carboxylic acids is 1. The minimum absolute atomic E-state index is 0.0127. The average Bonchev–Trinajstić information content (AvgIpc) is 3.25. The molecular formula is C31H26N2O3. The Labute approximate surface area is 209 Å². The zero-order valence-corrected chi connectivity index (χ0v) is 20.0. The van der Waals surface area contributed by atoms with Gasteiger partial charge in [-0.3, -0.25) is 4.79 Å². The van der Waals surface area contributed by atoms with Crippen molar-refractivity contribution in [2.45, 2.75) is 26.3 Å². The van der Waals surface area contributed by atoms with Gasteiger partial charge in [-0.15, -0.1) is 0 Å². The summed E-state index contributed by atoms with van der Waals surface area (Å²) in [4.78, 5) is 29.4. The number of aryl methyl sites for hydroxylation is 1. The van der Waals surface area contributed by atoms with Crippen LogP contribution in [0, 0.1) is 0 Å². The molecule has 5 aromatic rings. The third kappa shape index (κ3) is 4.56. The number of rotatable bonds is 8. The van der Waals surface area contributed by atoms with E-state index in [4.69, 9.17) is 4.98 Å². The monoisotopic (exact) mass is 474 g/mol. The van der Waals surface area contributed by atoms with Crippen molar-refractivity contribution in [1.29, 1.82) is 0 Å². The predicted octanol–water partition coefficient (Wildman–Crippen LogP) is 6.63. The highest BCUT2D eigenvalue weighted by Gasteiger charge is 2.15. The molecule has 5 rings (SSSR count). The number of nitrogens with zero attached hydrogens (tertiary/aromatic N) is 2. The van der Waals surface area contributed by atoms with Gasteiger partial charge in [0.25, 0.3) is 0 Å². The maximum atomic E-state index is 12.9. The summed E-state index contributed by atoms with van der Waals surface area (Å²) >= 11 is 0. The second kappa shape index (κ2) is 10.0. The van der Waals surface area contributed by atoms with Crippen LogP contribution in [0.4, 0.5) is 0 Å². The molecule has 1 N–H and O–H groups in total. The smallest absolute Gasteiger partial charge is 0.336 e. The van der Waals surface area contributed by atoms with Crippen LogP contribution in [0.5, 0.6) is 0 Å². The predicted molar refractivity (Wildman–Crippen MR) is 142 cm³/mol. The Morgan fingerprint density at radius 3 is 2.28 bits per heavy atom. The topological polar surface area (TPSA) is 72.2 Å². The number of hydrogen-bond donors (Lipinski definition) is 1. The van der Waals surface area contributed by atoms with Crippen LogP contribution in [-0.2, 0) is 13.0 Å². The van der Waals surface area contributed by atoms with Crippen molar-refractivity contribution in [3.8, 4) is 11.1 Å². The molecule has 0 aliphatic carbocycles. The standard InChI is InChI=1S/C31H26N2O3/c1-2-8-29-32-27-19-24(30(34)23-9-4-3-5-10-23)17-18-28(27)33(29)20-21-13-15-22(16-14-21)25-11-6-7-12-26(25)31(35)36/h3-7,9-19H,2,8,20H2,1H3,(H,35,36). The summed E-state index contributed by atoms with van der Waals surface area (Å²) in [5, 5.41) is 9.52. The third-order valence-electron chi connectivity index (χ3n) is 6.36. The van der Waals surface area contributed by atoms with Crippen molar-refractivity contribution in [1.82, 2.24) is 9.55 Å². The highest BCUT2D eigenvalue weighted by atomic mass is 16.4. The molecule has 178 valence electrons. The fourth-order valence-electron chi connectivity index (χ4n) is 4.56. The van der Waals surface area contributed by atoms with Crippen molar-refractivity contribution >= 4 is 22.8 Å². The van der Waals surface area contributed by atoms with E-state index in [-0.39, 0.29) is 11.3 Å². The Bertz CT molecular complexity index is 1550. The number of imidazole rings is 1. The molecule has 1 aromatic heterocycles. The summed E-state index contributed by atoms with van der Waals surface area (Å²) < 4.78 is 2.20. The second-order valence-corrected chi connectivity index (χ2v) is 8.81. The Morgan fingerprint density at radius 2 is 1.56 bits per heavy atom. The minimum atomic E-state index is -0.936. The van der Waals surface area contributed by atoms with Gasteiger partial charge < -0.3 is 9.67 Å². The van der Waals surface area contributed by atoms with E-state index in [0.29, 0.717) is 23.2 Å². The SMILES string of the molecule is CCCc1nc2cc(C(=O)c3ccccc3)ccc2n1Cc1ccc(-c2ccccc2C(=O)O)cc1. The molecule has 0 aliphatic rings. The van der Waals surface area contributed by atoms with E-state index in [0.717, 1.165) is 40.8 Å². The third-order valence-corrected chi connectivity index (χ3v) is 6.36. The van der Waals surface area contributed by atoms with E-state index in [9.17, 15) is 14.7 Å². The molecule has 0 amide bonds. The van der Waals surface area contributed by atoms with Gasteiger partial charge in [-0.25, -0.2) is 9.78 Å². The van der Waals surface area contributed by atoms with Gasteiger partial charge in [0.15, 0.2) is 5.78 Å². The lowest BCUT2D eigenvalue weighted by atomic mass is 9.98. The first-order chi connectivity index (χ1) is 17.5. The van der Waals surface area contributed by atoms with Gasteiger partial charge in [0.2, 0.25) is 0 Å². The highest BCUT2D eigenvalue weighted by Crippen LogP contribution is 2.26. The largest absolute Gasteiger partial charge is 0.478 e. The molecule has 0 saturated carbocycles. The minimum Gasteiger partial charge on any atom is -0.478 e. The van der Waals surface area contributed by atoms with E-state index in [1.165, 1.54) is 0 Å². The van der Waals surface area contributed by atoms with E-state index in [1.807, 2.05) is 84.9 Å². The van der Waals surface area contributed by atoms with Crippen molar-refractivity contribution in [2.24, 2.45) is 0 Å². The Hall–Kier alpha value is -4.51. The van der Waals surface area contributed by atoms with Gasteiger partial charge in [0.1, 0.15) is 5.82 Å². The number of carbonyl (C=O) groups is 2. The van der Waals surface area contributed by atoms with E-state index < -0.39 is 5.97 Å². The van der Waals surface area contributed by atoms with Crippen LogP contribution in [0.2, 0.25) is 0 Å². The lowest BCUT2D eigenvalue weighted by Crippen LogP contribution is -2.05. The van der Waals surface area contributed by atoms with Crippen molar-refractivity contribution in [3.05, 3.63) is 125 Å². The first kappa shape index (κ1) is 23.2. The maximum Gasteiger partial charge on any atom is 0.336 e. The van der Waals surface area contributed by atoms with Crippen molar-refractivity contribution in [2.75, 3.05) is 0 Å². The number of fused-ring (bicyclic) bond motifs is 1. The molecule has 1 heterocycles.